The molecule has 162 valence electrons. The van der Waals surface area contributed by atoms with Gasteiger partial charge in [0.2, 0.25) is 0 Å². The van der Waals surface area contributed by atoms with Gasteiger partial charge in [-0.1, -0.05) is 87.5 Å². The van der Waals surface area contributed by atoms with Crippen molar-refractivity contribution in [3.63, 3.8) is 0 Å². The van der Waals surface area contributed by atoms with E-state index in [4.69, 9.17) is 0 Å². The lowest BCUT2D eigenvalue weighted by Gasteiger charge is -2.41. The maximum Gasteiger partial charge on any atom is 0.0447 e. The van der Waals surface area contributed by atoms with Gasteiger partial charge in [0.15, 0.2) is 0 Å². The maximum atomic E-state index is 2.45. The smallest absolute Gasteiger partial charge is 0.0447 e. The van der Waals surface area contributed by atoms with Crippen molar-refractivity contribution in [3.8, 4) is 0 Å². The van der Waals surface area contributed by atoms with Crippen LogP contribution < -0.4 is 9.80 Å². The van der Waals surface area contributed by atoms with Gasteiger partial charge in [-0.3, -0.25) is 0 Å². The highest BCUT2D eigenvalue weighted by Gasteiger charge is 2.41. The van der Waals surface area contributed by atoms with Crippen LogP contribution in [-0.2, 0) is 17.3 Å². The molecule has 2 heterocycles. The first-order chi connectivity index (χ1) is 15.3. The molecule has 2 heteroatoms. The van der Waals surface area contributed by atoms with E-state index in [9.17, 15) is 0 Å². The molecule has 5 rings (SSSR count). The van der Waals surface area contributed by atoms with Crippen molar-refractivity contribution in [2.45, 2.75) is 38.0 Å². The SMILES string of the molecule is CN1C=C(/C=C2/N(C)c3ccccc3C2(C)C)C(C)(Cc2ccccc2)c2ccccc21. The first-order valence-electron chi connectivity index (χ1n) is 11.5. The van der Waals surface area contributed by atoms with E-state index in [0.717, 1.165) is 6.42 Å². The molecule has 0 aromatic heterocycles. The summed E-state index contributed by atoms with van der Waals surface area (Å²) < 4.78 is 0. The molecule has 2 aliphatic rings. The van der Waals surface area contributed by atoms with Gasteiger partial charge in [-0.05, 0) is 46.9 Å². The van der Waals surface area contributed by atoms with E-state index >= 15 is 0 Å². The lowest BCUT2D eigenvalue weighted by molar-refractivity contribution is 0.551. The molecule has 0 N–H and O–H groups in total. The number of nitrogens with zero attached hydrogens (tertiary/aromatic N) is 2. The Morgan fingerprint density at radius 3 is 2.00 bits per heavy atom. The molecule has 32 heavy (non-hydrogen) atoms. The number of allylic oxidation sites excluding steroid dienone is 3. The number of anilines is 2. The number of fused-ring (bicyclic) bond motifs is 2. The molecular formula is C30H32N2. The van der Waals surface area contributed by atoms with Crippen LogP contribution in [0.1, 0.15) is 37.5 Å². The van der Waals surface area contributed by atoms with Crippen LogP contribution in [0.4, 0.5) is 11.4 Å². The second kappa shape index (κ2) is 7.41. The summed E-state index contributed by atoms with van der Waals surface area (Å²) in [6, 6.07) is 28.5. The lowest BCUT2D eigenvalue weighted by atomic mass is 9.68. The van der Waals surface area contributed by atoms with E-state index in [1.54, 1.807) is 0 Å². The molecule has 2 nitrogen and oxygen atoms in total. The second-order valence-corrected chi connectivity index (χ2v) is 9.94. The fraction of sp³-hybridized carbons (Fsp3) is 0.267. The first-order valence-corrected chi connectivity index (χ1v) is 11.5. The molecule has 0 saturated heterocycles. The van der Waals surface area contributed by atoms with E-state index in [2.05, 4.69) is 136 Å². The minimum Gasteiger partial charge on any atom is -0.350 e. The minimum absolute atomic E-state index is 0.0463. The molecule has 3 aromatic rings. The maximum absolute atomic E-state index is 2.45. The predicted octanol–water partition coefficient (Wildman–Crippen LogP) is 6.83. The van der Waals surface area contributed by atoms with Gasteiger partial charge in [0.25, 0.3) is 0 Å². The Hall–Kier alpha value is -3.26. The van der Waals surface area contributed by atoms with Crippen molar-refractivity contribution in [2.24, 2.45) is 0 Å². The Balaban J connectivity index is 1.67. The quantitative estimate of drug-likeness (QED) is 0.458. The molecule has 0 fully saturated rings. The highest BCUT2D eigenvalue weighted by molar-refractivity contribution is 5.72. The number of benzene rings is 3. The topological polar surface area (TPSA) is 6.48 Å². The zero-order valence-corrected chi connectivity index (χ0v) is 19.8. The number of hydrogen-bond acceptors (Lipinski definition) is 2. The van der Waals surface area contributed by atoms with Crippen molar-refractivity contribution >= 4 is 11.4 Å². The summed E-state index contributed by atoms with van der Waals surface area (Å²) in [6.45, 7) is 7.09. The van der Waals surface area contributed by atoms with E-state index < -0.39 is 0 Å². The monoisotopic (exact) mass is 420 g/mol. The van der Waals surface area contributed by atoms with Crippen LogP contribution in [0.3, 0.4) is 0 Å². The molecule has 0 radical (unpaired) electrons. The van der Waals surface area contributed by atoms with Gasteiger partial charge in [0.1, 0.15) is 0 Å². The van der Waals surface area contributed by atoms with Crippen LogP contribution in [0, 0.1) is 0 Å². The zero-order chi connectivity index (χ0) is 22.5. The van der Waals surface area contributed by atoms with E-state index in [1.807, 2.05) is 0 Å². The summed E-state index contributed by atoms with van der Waals surface area (Å²) >= 11 is 0. The van der Waals surface area contributed by atoms with Crippen molar-refractivity contribution < 1.29 is 0 Å². The van der Waals surface area contributed by atoms with Crippen LogP contribution in [0.25, 0.3) is 0 Å². The molecule has 0 saturated carbocycles. The van der Waals surface area contributed by atoms with Crippen LogP contribution in [-0.4, -0.2) is 14.1 Å². The normalized spacial score (nSPS) is 22.5. The van der Waals surface area contributed by atoms with Crippen LogP contribution >= 0.6 is 0 Å². The summed E-state index contributed by atoms with van der Waals surface area (Å²) in [5.74, 6) is 0. The van der Waals surface area contributed by atoms with E-state index in [-0.39, 0.29) is 10.8 Å². The molecule has 0 spiro atoms. The highest BCUT2D eigenvalue weighted by atomic mass is 15.2. The second-order valence-electron chi connectivity index (χ2n) is 9.94. The number of likely N-dealkylation sites (N-methyl/N-ethyl adjacent to an activating group) is 1. The number of para-hydroxylation sites is 2. The van der Waals surface area contributed by atoms with E-state index in [0.29, 0.717) is 0 Å². The predicted molar refractivity (Wildman–Crippen MR) is 136 cm³/mol. The molecule has 1 unspecified atom stereocenters. The lowest BCUT2D eigenvalue weighted by Crippen LogP contribution is -2.35. The van der Waals surface area contributed by atoms with Gasteiger partial charge < -0.3 is 9.80 Å². The van der Waals surface area contributed by atoms with Crippen molar-refractivity contribution in [2.75, 3.05) is 23.9 Å². The Labute approximate surface area is 192 Å². The van der Waals surface area contributed by atoms with Gasteiger partial charge in [-0.15, -0.1) is 0 Å². The molecule has 0 bridgehead atoms. The molecular weight excluding hydrogens is 388 g/mol. The fourth-order valence-corrected chi connectivity index (χ4v) is 5.63. The Morgan fingerprint density at radius 2 is 1.31 bits per heavy atom. The third-order valence-corrected chi connectivity index (χ3v) is 7.48. The Kier molecular flexibility index (Phi) is 4.78. The first kappa shape index (κ1) is 20.6. The standard InChI is InChI=1S/C30H32N2/c1-29(2)24-15-9-12-18-27(24)32(5)28(29)19-23-21-31(4)26-17-11-10-16-25(26)30(23,3)20-22-13-7-6-8-14-22/h6-19,21H,20H2,1-5H3/b28-19+. The molecule has 0 amide bonds. The van der Waals surface area contributed by atoms with Crippen LogP contribution in [0.2, 0.25) is 0 Å². The van der Waals surface area contributed by atoms with Crippen molar-refractivity contribution in [3.05, 3.63) is 119 Å². The number of rotatable bonds is 3. The third kappa shape index (κ3) is 3.09. The summed E-state index contributed by atoms with van der Waals surface area (Å²) in [4.78, 5) is 4.66. The van der Waals surface area contributed by atoms with Gasteiger partial charge >= 0.3 is 0 Å². The third-order valence-electron chi connectivity index (χ3n) is 7.48. The van der Waals surface area contributed by atoms with Crippen LogP contribution in [0.5, 0.6) is 0 Å². The van der Waals surface area contributed by atoms with E-state index in [1.165, 1.54) is 39.3 Å². The van der Waals surface area contributed by atoms with Crippen LogP contribution in [0.15, 0.2) is 102 Å². The Bertz CT molecular complexity index is 1220. The summed E-state index contributed by atoms with van der Waals surface area (Å²) in [5.41, 5.74) is 9.26. The van der Waals surface area contributed by atoms with Crippen molar-refractivity contribution in [1.82, 2.24) is 0 Å². The van der Waals surface area contributed by atoms with Gasteiger partial charge in [-0.25, -0.2) is 0 Å². The van der Waals surface area contributed by atoms with Gasteiger partial charge in [0.05, 0.1) is 0 Å². The largest absolute Gasteiger partial charge is 0.350 e. The average molecular weight is 421 g/mol. The van der Waals surface area contributed by atoms with Gasteiger partial charge in [-0.2, -0.15) is 0 Å². The summed E-state index contributed by atoms with van der Waals surface area (Å²) in [6.07, 6.45) is 5.76. The molecule has 1 atom stereocenters. The zero-order valence-electron chi connectivity index (χ0n) is 19.8. The summed E-state index contributed by atoms with van der Waals surface area (Å²) in [5, 5.41) is 0. The van der Waals surface area contributed by atoms with Crippen molar-refractivity contribution in [1.29, 1.82) is 0 Å². The minimum atomic E-state index is -0.122. The average Bonchev–Trinajstić information content (AvgIpc) is 2.99. The van der Waals surface area contributed by atoms with Gasteiger partial charge in [0, 0.05) is 48.2 Å². The molecule has 0 aliphatic carbocycles. The number of hydrogen-bond donors (Lipinski definition) is 0. The molecule has 2 aliphatic heterocycles. The Morgan fingerprint density at radius 1 is 0.719 bits per heavy atom. The fourth-order valence-electron chi connectivity index (χ4n) is 5.63. The molecule has 3 aromatic carbocycles. The highest BCUT2D eigenvalue weighted by Crippen LogP contribution is 2.50. The summed E-state index contributed by atoms with van der Waals surface area (Å²) in [7, 11) is 4.37.